The van der Waals surface area contributed by atoms with Gasteiger partial charge in [-0.25, -0.2) is 4.79 Å². The Morgan fingerprint density at radius 3 is 2.50 bits per heavy atom. The van der Waals surface area contributed by atoms with E-state index in [4.69, 9.17) is 11.6 Å². The molecule has 22 heavy (non-hydrogen) atoms. The summed E-state index contributed by atoms with van der Waals surface area (Å²) in [5.41, 5.74) is 0.913. The highest BCUT2D eigenvalue weighted by atomic mass is 35.5. The lowest BCUT2D eigenvalue weighted by atomic mass is 9.97. The fourth-order valence-electron chi connectivity index (χ4n) is 4.41. The normalized spacial score (nSPS) is 32.1. The Morgan fingerprint density at radius 2 is 1.82 bits per heavy atom. The number of hydrogen-bond donors (Lipinski definition) is 0. The number of carbonyl (C=O) groups excluding carboxylic acids is 1. The highest BCUT2D eigenvalue weighted by Gasteiger charge is 2.44. The molecule has 0 radical (unpaired) electrons. The van der Waals surface area contributed by atoms with Crippen LogP contribution in [0.3, 0.4) is 0 Å². The number of carbonyl (C=O) groups is 1. The lowest BCUT2D eigenvalue weighted by Gasteiger charge is -2.40. The van der Waals surface area contributed by atoms with Crippen LogP contribution in [0, 0.1) is 0 Å². The second-order valence-corrected chi connectivity index (χ2v) is 7.22. The van der Waals surface area contributed by atoms with E-state index in [1.165, 1.54) is 12.8 Å². The third-order valence-corrected chi connectivity index (χ3v) is 5.91. The molecule has 3 fully saturated rings. The maximum absolute atomic E-state index is 12.8. The van der Waals surface area contributed by atoms with E-state index >= 15 is 0 Å². The van der Waals surface area contributed by atoms with Crippen LogP contribution in [0.2, 0.25) is 5.02 Å². The van der Waals surface area contributed by atoms with Gasteiger partial charge in [0.25, 0.3) is 0 Å². The van der Waals surface area contributed by atoms with Crippen molar-refractivity contribution in [2.24, 2.45) is 0 Å². The van der Waals surface area contributed by atoms with Crippen molar-refractivity contribution in [1.29, 1.82) is 0 Å². The van der Waals surface area contributed by atoms with Crippen LogP contribution < -0.4 is 4.90 Å². The summed E-state index contributed by atoms with van der Waals surface area (Å²) in [6.45, 7) is 1.60. The summed E-state index contributed by atoms with van der Waals surface area (Å²) in [5.74, 6) is 0. The molecular formula is C17H22ClN3O. The molecule has 3 saturated heterocycles. The van der Waals surface area contributed by atoms with Gasteiger partial charge in [0.2, 0.25) is 0 Å². The number of urea groups is 1. The Balaban J connectivity index is 1.50. The summed E-state index contributed by atoms with van der Waals surface area (Å²) < 4.78 is 0. The van der Waals surface area contributed by atoms with E-state index in [9.17, 15) is 4.79 Å². The monoisotopic (exact) mass is 319 g/mol. The van der Waals surface area contributed by atoms with Gasteiger partial charge < -0.3 is 9.80 Å². The summed E-state index contributed by atoms with van der Waals surface area (Å²) in [6.07, 6.45) is 4.83. The molecule has 3 atom stereocenters. The van der Waals surface area contributed by atoms with Crippen LogP contribution in [0.1, 0.15) is 25.7 Å². The number of amides is 2. The van der Waals surface area contributed by atoms with Gasteiger partial charge in [-0.2, -0.15) is 0 Å². The van der Waals surface area contributed by atoms with Crippen molar-refractivity contribution in [3.8, 4) is 0 Å². The molecule has 2 amide bonds. The first-order chi connectivity index (χ1) is 10.6. The van der Waals surface area contributed by atoms with Crippen LogP contribution in [-0.4, -0.2) is 54.1 Å². The molecule has 0 aliphatic carbocycles. The first kappa shape index (κ1) is 14.3. The lowest BCUT2D eigenvalue weighted by Crippen LogP contribution is -2.50. The summed E-state index contributed by atoms with van der Waals surface area (Å²) in [6, 6.07) is 9.48. The molecule has 0 spiro atoms. The fraction of sp³-hybridized carbons (Fsp3) is 0.588. The number of fused-ring (bicyclic) bond motifs is 2. The van der Waals surface area contributed by atoms with Crippen molar-refractivity contribution in [3.05, 3.63) is 29.3 Å². The minimum absolute atomic E-state index is 0.149. The fourth-order valence-corrected chi connectivity index (χ4v) is 4.60. The number of piperidine rings is 1. The second-order valence-electron chi connectivity index (χ2n) is 6.78. The van der Waals surface area contributed by atoms with Gasteiger partial charge >= 0.3 is 6.03 Å². The Labute approximate surface area is 136 Å². The van der Waals surface area contributed by atoms with Crippen molar-refractivity contribution in [2.75, 3.05) is 25.0 Å². The summed E-state index contributed by atoms with van der Waals surface area (Å²) in [7, 11) is 2.24. The molecular weight excluding hydrogens is 298 g/mol. The molecule has 4 rings (SSSR count). The van der Waals surface area contributed by atoms with E-state index in [1.807, 2.05) is 29.2 Å². The number of nitrogens with zero attached hydrogens (tertiary/aromatic N) is 3. The largest absolute Gasteiger partial charge is 0.324 e. The molecule has 118 valence electrons. The van der Waals surface area contributed by atoms with E-state index in [0.29, 0.717) is 23.1 Å². The topological polar surface area (TPSA) is 26.8 Å². The SMILES string of the molecule is CN1[C@@H]2CC[C@H]1CC(N1CCN(c3cccc(Cl)c3)C1=O)C2. The minimum atomic E-state index is 0.149. The predicted molar refractivity (Wildman–Crippen MR) is 88.5 cm³/mol. The standard InChI is InChI=1S/C17H22ClN3O/c1-19-13-5-6-14(19)11-16(10-13)21-8-7-20(17(21)22)15-4-2-3-12(18)9-15/h2-4,9,13-14,16H,5-8,10-11H2,1H3/t13-,14+,16?. The number of rotatable bonds is 2. The number of anilines is 1. The van der Waals surface area contributed by atoms with Crippen molar-refractivity contribution in [3.63, 3.8) is 0 Å². The van der Waals surface area contributed by atoms with Crippen LogP contribution in [0.15, 0.2) is 24.3 Å². The maximum atomic E-state index is 12.8. The van der Waals surface area contributed by atoms with Crippen molar-refractivity contribution in [1.82, 2.24) is 9.80 Å². The molecule has 3 aliphatic heterocycles. The summed E-state index contributed by atoms with van der Waals surface area (Å²) in [4.78, 5) is 19.3. The smallest absolute Gasteiger partial charge is 0.319 e. The quantitative estimate of drug-likeness (QED) is 0.837. The first-order valence-electron chi connectivity index (χ1n) is 8.19. The molecule has 0 saturated carbocycles. The zero-order valence-electron chi connectivity index (χ0n) is 12.9. The number of benzene rings is 1. The minimum Gasteiger partial charge on any atom is -0.319 e. The van der Waals surface area contributed by atoms with Crippen LogP contribution in [0.4, 0.5) is 10.5 Å². The Hall–Kier alpha value is -1.26. The van der Waals surface area contributed by atoms with Crippen molar-refractivity contribution in [2.45, 2.75) is 43.8 Å². The average Bonchev–Trinajstić information content (AvgIpc) is 2.95. The van der Waals surface area contributed by atoms with E-state index in [2.05, 4.69) is 16.8 Å². The van der Waals surface area contributed by atoms with Gasteiger partial charge in [-0.05, 0) is 50.9 Å². The molecule has 1 unspecified atom stereocenters. The highest BCUT2D eigenvalue weighted by Crippen LogP contribution is 2.37. The average molecular weight is 320 g/mol. The molecule has 0 aromatic heterocycles. The summed E-state index contributed by atoms with van der Waals surface area (Å²) >= 11 is 6.06. The van der Waals surface area contributed by atoms with Crippen LogP contribution in [-0.2, 0) is 0 Å². The van der Waals surface area contributed by atoms with E-state index in [0.717, 1.165) is 31.6 Å². The van der Waals surface area contributed by atoms with Gasteiger partial charge in [0, 0.05) is 41.9 Å². The highest BCUT2D eigenvalue weighted by molar-refractivity contribution is 6.30. The van der Waals surface area contributed by atoms with Gasteiger partial charge in [0.1, 0.15) is 0 Å². The Bertz CT molecular complexity index is 579. The third-order valence-electron chi connectivity index (χ3n) is 5.68. The van der Waals surface area contributed by atoms with E-state index < -0.39 is 0 Å². The summed E-state index contributed by atoms with van der Waals surface area (Å²) in [5, 5.41) is 0.682. The van der Waals surface area contributed by atoms with Crippen LogP contribution >= 0.6 is 11.6 Å². The predicted octanol–water partition coefficient (Wildman–Crippen LogP) is 3.21. The lowest BCUT2D eigenvalue weighted by molar-refractivity contribution is 0.102. The van der Waals surface area contributed by atoms with Crippen molar-refractivity contribution >= 4 is 23.3 Å². The number of halogens is 1. The van der Waals surface area contributed by atoms with E-state index in [1.54, 1.807) is 0 Å². The molecule has 1 aromatic carbocycles. The molecule has 5 heteroatoms. The molecule has 3 aliphatic rings. The number of hydrogen-bond acceptors (Lipinski definition) is 2. The van der Waals surface area contributed by atoms with Gasteiger partial charge in [-0.3, -0.25) is 4.90 Å². The molecule has 2 bridgehead atoms. The third kappa shape index (κ3) is 2.29. The molecule has 0 N–H and O–H groups in total. The zero-order valence-corrected chi connectivity index (χ0v) is 13.7. The molecule has 1 aromatic rings. The van der Waals surface area contributed by atoms with Gasteiger partial charge in [-0.1, -0.05) is 17.7 Å². The Kier molecular flexibility index (Phi) is 3.54. The van der Waals surface area contributed by atoms with Crippen LogP contribution in [0.5, 0.6) is 0 Å². The Morgan fingerprint density at radius 1 is 1.09 bits per heavy atom. The molecule has 3 heterocycles. The van der Waals surface area contributed by atoms with Crippen molar-refractivity contribution < 1.29 is 4.79 Å². The van der Waals surface area contributed by atoms with Crippen LogP contribution in [0.25, 0.3) is 0 Å². The second kappa shape index (κ2) is 5.43. The maximum Gasteiger partial charge on any atom is 0.324 e. The van der Waals surface area contributed by atoms with Gasteiger partial charge in [0.15, 0.2) is 0 Å². The zero-order chi connectivity index (χ0) is 15.3. The van der Waals surface area contributed by atoms with E-state index in [-0.39, 0.29) is 6.03 Å². The van der Waals surface area contributed by atoms with Gasteiger partial charge in [0.05, 0.1) is 0 Å². The molecule has 4 nitrogen and oxygen atoms in total. The first-order valence-corrected chi connectivity index (χ1v) is 8.57. The van der Waals surface area contributed by atoms with Gasteiger partial charge in [-0.15, -0.1) is 0 Å².